The Morgan fingerprint density at radius 1 is 1.18 bits per heavy atom. The number of ether oxygens (including phenoxy) is 1. The Hall–Kier alpha value is -3.54. The zero-order chi connectivity index (χ0) is 27.5. The molecule has 2 amide bonds. The number of carbonyl (C=O) groups is 2. The maximum absolute atomic E-state index is 15.3. The maximum Gasteiger partial charge on any atom is 0.240 e. The van der Waals surface area contributed by atoms with Crippen LogP contribution < -0.4 is 10.2 Å². The normalized spacial score (nSPS) is 15.2. The summed E-state index contributed by atoms with van der Waals surface area (Å²) >= 11 is 2.70. The smallest absolute Gasteiger partial charge is 0.240 e. The number of carbonyl (C=O) groups excluding carboxylic acids is 2. The Morgan fingerprint density at radius 3 is 2.72 bits per heavy atom. The molecule has 0 radical (unpaired) electrons. The van der Waals surface area contributed by atoms with Gasteiger partial charge in [-0.3, -0.25) is 14.5 Å². The molecule has 1 N–H and O–H groups in total. The fourth-order valence-corrected chi connectivity index (χ4v) is 6.48. The van der Waals surface area contributed by atoms with E-state index in [1.54, 1.807) is 4.68 Å². The SMILES string of the molecule is COCCNC(=O)CN1C(=O)CS[C@H](c2ccc(F)cc2F)c2c(-c3cccs3)nn(-c3ccccc3C)c21. The van der Waals surface area contributed by atoms with Crippen LogP contribution in [0.4, 0.5) is 14.6 Å². The van der Waals surface area contributed by atoms with Crippen LogP contribution in [-0.2, 0) is 14.3 Å². The Morgan fingerprint density at radius 2 is 2.00 bits per heavy atom. The number of anilines is 1. The number of thioether (sulfide) groups is 1. The molecule has 7 nitrogen and oxygen atoms in total. The first-order valence-corrected chi connectivity index (χ1v) is 14.2. The second-order valence-corrected chi connectivity index (χ2v) is 11.0. The molecule has 2 aromatic carbocycles. The Kier molecular flexibility index (Phi) is 8.10. The summed E-state index contributed by atoms with van der Waals surface area (Å²) in [4.78, 5) is 28.8. The molecule has 3 heterocycles. The maximum atomic E-state index is 15.3. The molecule has 1 aliphatic rings. The van der Waals surface area contributed by atoms with Crippen LogP contribution in [0.1, 0.15) is 21.9 Å². The van der Waals surface area contributed by atoms with Gasteiger partial charge in [0, 0.05) is 30.8 Å². The number of halogens is 2. The van der Waals surface area contributed by atoms with Crippen LogP contribution in [-0.4, -0.2) is 54.2 Å². The number of thiophene rings is 1. The van der Waals surface area contributed by atoms with Gasteiger partial charge in [-0.05, 0) is 36.1 Å². The predicted octanol–water partition coefficient (Wildman–Crippen LogP) is 5.12. The number of amides is 2. The van der Waals surface area contributed by atoms with E-state index < -0.39 is 16.9 Å². The largest absolute Gasteiger partial charge is 0.383 e. The van der Waals surface area contributed by atoms with E-state index in [-0.39, 0.29) is 29.7 Å². The molecule has 0 spiro atoms. The summed E-state index contributed by atoms with van der Waals surface area (Å²) < 4.78 is 35.8. The third-order valence-corrected chi connectivity index (χ3v) is 8.48. The molecule has 4 aromatic rings. The predicted molar refractivity (Wildman–Crippen MR) is 150 cm³/mol. The number of hydrogen-bond donors (Lipinski definition) is 1. The summed E-state index contributed by atoms with van der Waals surface area (Å²) in [5, 5.41) is 8.98. The van der Waals surface area contributed by atoms with Crippen molar-refractivity contribution < 1.29 is 23.1 Å². The topological polar surface area (TPSA) is 76.5 Å². The average molecular weight is 569 g/mol. The van der Waals surface area contributed by atoms with Gasteiger partial charge in [-0.25, -0.2) is 13.5 Å². The third-order valence-electron chi connectivity index (χ3n) is 6.36. The van der Waals surface area contributed by atoms with Gasteiger partial charge in [0.15, 0.2) is 0 Å². The van der Waals surface area contributed by atoms with Crippen molar-refractivity contribution in [3.8, 4) is 16.3 Å². The first kappa shape index (κ1) is 27.0. The van der Waals surface area contributed by atoms with Crippen molar-refractivity contribution in [3.63, 3.8) is 0 Å². The van der Waals surface area contributed by atoms with Gasteiger partial charge in [0.25, 0.3) is 0 Å². The van der Waals surface area contributed by atoms with Gasteiger partial charge in [-0.15, -0.1) is 23.1 Å². The number of nitrogens with zero attached hydrogens (tertiary/aromatic N) is 3. The number of rotatable bonds is 8. The van der Waals surface area contributed by atoms with Gasteiger partial charge in [-0.2, -0.15) is 5.10 Å². The monoisotopic (exact) mass is 568 g/mol. The summed E-state index contributed by atoms with van der Waals surface area (Å²) in [7, 11) is 1.54. The van der Waals surface area contributed by atoms with E-state index >= 15 is 4.39 Å². The Labute approximate surface area is 232 Å². The quantitative estimate of drug-likeness (QED) is 0.299. The van der Waals surface area contributed by atoms with Crippen LogP contribution in [0.25, 0.3) is 16.3 Å². The summed E-state index contributed by atoms with van der Waals surface area (Å²) in [5.41, 5.74) is 3.03. The lowest BCUT2D eigenvalue weighted by molar-refractivity contribution is -0.123. The van der Waals surface area contributed by atoms with E-state index in [0.717, 1.165) is 22.2 Å². The van der Waals surface area contributed by atoms with Crippen LogP contribution in [0.15, 0.2) is 60.0 Å². The molecule has 2 aromatic heterocycles. The standard InChI is InChI=1S/C28H26F2N4O3S2/c1-17-6-3-4-7-21(17)34-28-25(26(32-34)22-8-5-13-38-22)27(19-10-9-18(29)14-20(19)30)39-16-24(36)33(28)15-23(35)31-11-12-37-2/h3-10,13-14,27H,11-12,15-16H2,1-2H3,(H,31,35)/t27-/m1/s1. The minimum absolute atomic E-state index is 0.0147. The molecule has 1 aliphatic heterocycles. The fourth-order valence-electron chi connectivity index (χ4n) is 4.54. The van der Waals surface area contributed by atoms with Gasteiger partial charge >= 0.3 is 0 Å². The molecule has 39 heavy (non-hydrogen) atoms. The summed E-state index contributed by atoms with van der Waals surface area (Å²) in [5.74, 6) is -1.71. The van der Waals surface area contributed by atoms with Crippen LogP contribution in [0.3, 0.4) is 0 Å². The number of fused-ring (bicyclic) bond motifs is 1. The first-order chi connectivity index (χ1) is 18.9. The number of methoxy groups -OCH3 is 1. The lowest BCUT2D eigenvalue weighted by Crippen LogP contribution is -2.43. The van der Waals surface area contributed by atoms with E-state index in [4.69, 9.17) is 9.84 Å². The number of para-hydroxylation sites is 1. The van der Waals surface area contributed by atoms with Crippen molar-refractivity contribution in [2.75, 3.05) is 37.5 Å². The highest BCUT2D eigenvalue weighted by Gasteiger charge is 2.39. The second-order valence-electron chi connectivity index (χ2n) is 8.94. The van der Waals surface area contributed by atoms with E-state index in [0.29, 0.717) is 30.2 Å². The lowest BCUT2D eigenvalue weighted by atomic mass is 10.0. The summed E-state index contributed by atoms with van der Waals surface area (Å²) in [6, 6.07) is 14.9. The molecular weight excluding hydrogens is 542 g/mol. The van der Waals surface area contributed by atoms with Gasteiger partial charge < -0.3 is 10.1 Å². The molecule has 11 heteroatoms. The van der Waals surface area contributed by atoms with Gasteiger partial charge in [0.1, 0.15) is 29.7 Å². The first-order valence-electron chi connectivity index (χ1n) is 12.2. The minimum Gasteiger partial charge on any atom is -0.383 e. The number of aryl methyl sites for hydroxylation is 1. The molecule has 0 bridgehead atoms. The molecule has 202 valence electrons. The molecule has 0 fully saturated rings. The molecule has 5 rings (SSSR count). The minimum atomic E-state index is -0.711. The number of benzene rings is 2. The van der Waals surface area contributed by atoms with Crippen LogP contribution in [0.5, 0.6) is 0 Å². The van der Waals surface area contributed by atoms with Crippen molar-refractivity contribution in [1.29, 1.82) is 0 Å². The lowest BCUT2D eigenvalue weighted by Gasteiger charge is -2.23. The highest BCUT2D eigenvalue weighted by atomic mass is 32.2. The zero-order valence-corrected chi connectivity index (χ0v) is 23.0. The van der Waals surface area contributed by atoms with Crippen molar-refractivity contribution in [3.05, 3.63) is 88.3 Å². The highest BCUT2D eigenvalue weighted by molar-refractivity contribution is 8.00. The van der Waals surface area contributed by atoms with E-state index in [2.05, 4.69) is 5.32 Å². The summed E-state index contributed by atoms with van der Waals surface area (Å²) in [6.07, 6.45) is 0. The molecule has 0 aliphatic carbocycles. The van der Waals surface area contributed by atoms with E-state index in [1.807, 2.05) is 48.7 Å². The zero-order valence-electron chi connectivity index (χ0n) is 21.3. The average Bonchev–Trinajstić information content (AvgIpc) is 3.55. The second kappa shape index (κ2) is 11.7. The molecule has 0 saturated heterocycles. The van der Waals surface area contributed by atoms with Gasteiger partial charge in [0.2, 0.25) is 11.8 Å². The van der Waals surface area contributed by atoms with Crippen LogP contribution in [0.2, 0.25) is 0 Å². The van der Waals surface area contributed by atoms with Gasteiger partial charge in [0.05, 0.1) is 28.2 Å². The van der Waals surface area contributed by atoms with Crippen LogP contribution >= 0.6 is 23.1 Å². The van der Waals surface area contributed by atoms with Crippen molar-refractivity contribution in [2.45, 2.75) is 12.2 Å². The van der Waals surface area contributed by atoms with E-state index in [9.17, 15) is 14.0 Å². The number of aromatic nitrogens is 2. The molecule has 0 unspecified atom stereocenters. The number of nitrogens with one attached hydrogen (secondary N) is 1. The molecule has 0 saturated carbocycles. The van der Waals surface area contributed by atoms with Gasteiger partial charge in [-0.1, -0.05) is 30.3 Å². The molecule has 1 atom stereocenters. The summed E-state index contributed by atoms with van der Waals surface area (Å²) in [6.45, 7) is 2.30. The van der Waals surface area contributed by atoms with E-state index in [1.165, 1.54) is 47.2 Å². The number of hydrogen-bond acceptors (Lipinski definition) is 6. The van der Waals surface area contributed by atoms with Crippen molar-refractivity contribution >= 4 is 40.7 Å². The Bertz CT molecular complexity index is 1510. The van der Waals surface area contributed by atoms with Crippen LogP contribution in [0, 0.1) is 18.6 Å². The van der Waals surface area contributed by atoms with Crippen molar-refractivity contribution in [2.24, 2.45) is 0 Å². The highest BCUT2D eigenvalue weighted by Crippen LogP contribution is 2.49. The third kappa shape index (κ3) is 5.47. The fraction of sp³-hybridized carbons (Fsp3) is 0.250. The Balaban J connectivity index is 1.76. The molecular formula is C28H26F2N4O3S2. The van der Waals surface area contributed by atoms with Crippen molar-refractivity contribution in [1.82, 2.24) is 15.1 Å².